The number of unbranched alkanes of at least 4 members (excludes halogenated alkanes) is 6. The first kappa shape index (κ1) is 26.1. The fourth-order valence-electron chi connectivity index (χ4n) is 3.59. The van der Waals surface area contributed by atoms with Crippen molar-refractivity contribution in [3.8, 4) is 10.7 Å². The zero-order valence-electron chi connectivity index (χ0n) is 20.2. The maximum absolute atomic E-state index is 6.58. The Labute approximate surface area is 194 Å². The SMILES string of the molecule is CCCCCCCCCOC(CC(C)(C)C)(O[Si](C)C)c1nnc(-c2ccccn2)s1. The van der Waals surface area contributed by atoms with Gasteiger partial charge in [-0.05, 0) is 37.1 Å². The van der Waals surface area contributed by atoms with Crippen LogP contribution in [0.15, 0.2) is 24.4 Å². The summed E-state index contributed by atoms with van der Waals surface area (Å²) in [5, 5.41) is 10.6. The molecule has 0 spiro atoms. The molecule has 0 fully saturated rings. The van der Waals surface area contributed by atoms with Gasteiger partial charge in [-0.2, -0.15) is 0 Å². The third-order valence-electron chi connectivity index (χ3n) is 4.85. The van der Waals surface area contributed by atoms with Crippen LogP contribution in [0, 0.1) is 5.41 Å². The van der Waals surface area contributed by atoms with Gasteiger partial charge in [-0.15, -0.1) is 10.2 Å². The molecule has 31 heavy (non-hydrogen) atoms. The van der Waals surface area contributed by atoms with Crippen LogP contribution in [0.4, 0.5) is 0 Å². The lowest BCUT2D eigenvalue weighted by Gasteiger charge is -2.38. The van der Waals surface area contributed by atoms with E-state index in [1.807, 2.05) is 18.2 Å². The maximum Gasteiger partial charge on any atom is 0.215 e. The van der Waals surface area contributed by atoms with Crippen LogP contribution in [0.5, 0.6) is 0 Å². The Morgan fingerprint density at radius 1 is 0.968 bits per heavy atom. The molecule has 0 aliphatic heterocycles. The molecule has 0 saturated carbocycles. The Bertz CT molecular complexity index is 749. The van der Waals surface area contributed by atoms with E-state index in [4.69, 9.17) is 9.16 Å². The summed E-state index contributed by atoms with van der Waals surface area (Å²) >= 11 is 1.53. The second kappa shape index (κ2) is 12.8. The van der Waals surface area contributed by atoms with Gasteiger partial charge in [-0.1, -0.05) is 83.6 Å². The number of rotatable bonds is 14. The van der Waals surface area contributed by atoms with Gasteiger partial charge in [0.25, 0.3) is 0 Å². The molecule has 173 valence electrons. The zero-order chi connectivity index (χ0) is 22.7. The van der Waals surface area contributed by atoms with E-state index in [1.54, 1.807) is 6.20 Å². The van der Waals surface area contributed by atoms with E-state index in [2.05, 4.69) is 56.0 Å². The van der Waals surface area contributed by atoms with Crippen molar-refractivity contribution in [3.05, 3.63) is 29.4 Å². The molecule has 1 atom stereocenters. The minimum atomic E-state index is -1.02. The Morgan fingerprint density at radius 3 is 2.29 bits per heavy atom. The molecule has 2 aromatic rings. The summed E-state index contributed by atoms with van der Waals surface area (Å²) in [4.78, 5) is 4.43. The van der Waals surface area contributed by atoms with Crippen molar-refractivity contribution in [2.75, 3.05) is 6.61 Å². The first-order valence-corrected chi connectivity index (χ1v) is 14.9. The van der Waals surface area contributed by atoms with Gasteiger partial charge in [0.05, 0.1) is 6.61 Å². The van der Waals surface area contributed by atoms with Crippen molar-refractivity contribution in [1.29, 1.82) is 0 Å². The van der Waals surface area contributed by atoms with Crippen LogP contribution >= 0.6 is 11.3 Å². The number of aromatic nitrogens is 3. The Kier molecular flexibility index (Phi) is 10.8. The van der Waals surface area contributed by atoms with Crippen molar-refractivity contribution in [1.82, 2.24) is 15.2 Å². The quantitative estimate of drug-likeness (QED) is 0.168. The largest absolute Gasteiger partial charge is 0.385 e. The zero-order valence-corrected chi connectivity index (χ0v) is 22.1. The summed E-state index contributed by atoms with van der Waals surface area (Å²) in [7, 11) is -1.02. The highest BCUT2D eigenvalue weighted by atomic mass is 32.1. The molecule has 2 heterocycles. The number of hydrogen-bond donors (Lipinski definition) is 0. The van der Waals surface area contributed by atoms with Crippen molar-refractivity contribution >= 4 is 20.4 Å². The van der Waals surface area contributed by atoms with Gasteiger partial charge in [0.1, 0.15) is 5.69 Å². The summed E-state index contributed by atoms with van der Waals surface area (Å²) in [6.45, 7) is 13.9. The lowest BCUT2D eigenvalue weighted by atomic mass is 9.87. The predicted octanol–water partition coefficient (Wildman–Crippen LogP) is 7.22. The van der Waals surface area contributed by atoms with Gasteiger partial charge in [-0.25, -0.2) is 0 Å². The highest BCUT2D eigenvalue weighted by Crippen LogP contribution is 2.42. The van der Waals surface area contributed by atoms with E-state index in [-0.39, 0.29) is 5.41 Å². The molecule has 2 aromatic heterocycles. The summed E-state index contributed by atoms with van der Waals surface area (Å²) < 4.78 is 13.1. The van der Waals surface area contributed by atoms with Crippen LogP contribution < -0.4 is 0 Å². The minimum Gasteiger partial charge on any atom is -0.385 e. The maximum atomic E-state index is 6.58. The standard InChI is InChI=1S/C24H40N3O2SSi/c1-7-8-9-10-11-12-15-18-28-24(29-31(5)6,19-23(2,3)4)22-27-26-21(30-22)20-16-13-14-17-25-20/h13-14,16-17H,7-12,15,18-19H2,1-6H3. The molecule has 0 saturated heterocycles. The smallest absolute Gasteiger partial charge is 0.215 e. The highest BCUT2D eigenvalue weighted by molar-refractivity contribution is 7.14. The normalized spacial score (nSPS) is 14.2. The van der Waals surface area contributed by atoms with Crippen molar-refractivity contribution < 1.29 is 9.16 Å². The van der Waals surface area contributed by atoms with E-state index in [0.717, 1.165) is 28.6 Å². The summed E-state index contributed by atoms with van der Waals surface area (Å²) in [5.74, 6) is -0.844. The molecule has 0 aliphatic carbocycles. The van der Waals surface area contributed by atoms with Crippen LogP contribution in [0.1, 0.15) is 84.1 Å². The molecule has 0 N–H and O–H groups in total. The Balaban J connectivity index is 2.16. The Hall–Kier alpha value is -1.15. The summed E-state index contributed by atoms with van der Waals surface area (Å²) in [6, 6.07) is 5.84. The Morgan fingerprint density at radius 2 is 1.68 bits per heavy atom. The minimum absolute atomic E-state index is 0.0221. The molecular formula is C24H40N3O2SSi. The number of nitrogens with zero attached hydrogens (tertiary/aromatic N) is 3. The van der Waals surface area contributed by atoms with E-state index in [0.29, 0.717) is 6.61 Å². The molecule has 0 amide bonds. The average Bonchev–Trinajstić information content (AvgIpc) is 3.20. The average molecular weight is 463 g/mol. The second-order valence-electron chi connectivity index (χ2n) is 9.60. The van der Waals surface area contributed by atoms with Crippen molar-refractivity contribution in [2.45, 2.75) is 97.9 Å². The fraction of sp³-hybridized carbons (Fsp3) is 0.708. The molecule has 1 radical (unpaired) electrons. The van der Waals surface area contributed by atoms with Gasteiger partial charge >= 0.3 is 0 Å². The number of hydrogen-bond acceptors (Lipinski definition) is 6. The third kappa shape index (κ3) is 9.08. The lowest BCUT2D eigenvalue weighted by Crippen LogP contribution is -2.40. The monoisotopic (exact) mass is 462 g/mol. The molecule has 0 bridgehead atoms. The molecule has 7 heteroatoms. The fourth-order valence-corrected chi connectivity index (χ4v) is 5.45. The molecule has 1 unspecified atom stereocenters. The van der Waals surface area contributed by atoms with E-state index < -0.39 is 14.8 Å². The first-order valence-electron chi connectivity index (χ1n) is 11.6. The highest BCUT2D eigenvalue weighted by Gasteiger charge is 2.43. The topological polar surface area (TPSA) is 57.1 Å². The van der Waals surface area contributed by atoms with Crippen molar-refractivity contribution in [3.63, 3.8) is 0 Å². The van der Waals surface area contributed by atoms with Gasteiger partial charge in [0.2, 0.25) is 14.8 Å². The molecule has 2 rings (SSSR count). The summed E-state index contributed by atoms with van der Waals surface area (Å²) in [5.41, 5.74) is 0.857. The van der Waals surface area contributed by atoms with Gasteiger partial charge in [0.15, 0.2) is 10.0 Å². The first-order chi connectivity index (χ1) is 14.8. The predicted molar refractivity (Wildman–Crippen MR) is 131 cm³/mol. The van der Waals surface area contributed by atoms with Crippen LogP contribution in [-0.2, 0) is 14.9 Å². The van der Waals surface area contributed by atoms with Gasteiger partial charge in [0, 0.05) is 12.6 Å². The van der Waals surface area contributed by atoms with E-state index in [1.165, 1.54) is 49.9 Å². The molecule has 5 nitrogen and oxygen atoms in total. The molecular weight excluding hydrogens is 422 g/mol. The molecule has 0 aromatic carbocycles. The van der Waals surface area contributed by atoms with E-state index in [9.17, 15) is 0 Å². The lowest BCUT2D eigenvalue weighted by molar-refractivity contribution is -0.213. The molecule has 0 aliphatic rings. The summed E-state index contributed by atoms with van der Waals surface area (Å²) in [6.07, 6.45) is 11.3. The van der Waals surface area contributed by atoms with Gasteiger partial charge < -0.3 is 9.16 Å². The second-order valence-corrected chi connectivity index (χ2v) is 12.6. The number of ether oxygens (including phenoxy) is 1. The van der Waals surface area contributed by atoms with Gasteiger partial charge in [-0.3, -0.25) is 4.98 Å². The van der Waals surface area contributed by atoms with Crippen LogP contribution in [0.2, 0.25) is 13.1 Å². The van der Waals surface area contributed by atoms with Crippen LogP contribution in [0.3, 0.4) is 0 Å². The van der Waals surface area contributed by atoms with Crippen LogP contribution in [0.25, 0.3) is 10.7 Å². The number of pyridine rings is 1. The van der Waals surface area contributed by atoms with Crippen LogP contribution in [-0.4, -0.2) is 30.8 Å². The third-order valence-corrected chi connectivity index (χ3v) is 6.66. The van der Waals surface area contributed by atoms with E-state index >= 15 is 0 Å². The van der Waals surface area contributed by atoms with Crippen molar-refractivity contribution in [2.24, 2.45) is 5.41 Å².